The molecule has 0 fully saturated rings. The Morgan fingerprint density at radius 2 is 1.53 bits per heavy atom. The fourth-order valence-corrected chi connectivity index (χ4v) is 1.89. The van der Waals surface area contributed by atoms with Gasteiger partial charge in [0.1, 0.15) is 0 Å². The molecule has 2 aromatic carbocycles. The molecule has 0 aliphatic rings. The zero-order valence-electron chi connectivity index (χ0n) is 10.1. The number of anilines is 2. The highest BCUT2D eigenvalue weighted by molar-refractivity contribution is 5.56. The van der Waals surface area contributed by atoms with Crippen LogP contribution in [-0.4, -0.2) is 0 Å². The van der Waals surface area contributed by atoms with Gasteiger partial charge >= 0.3 is 0 Å². The molecule has 0 atom stereocenters. The summed E-state index contributed by atoms with van der Waals surface area (Å²) in [6, 6.07) is 14.3. The summed E-state index contributed by atoms with van der Waals surface area (Å²) < 4.78 is 0. The highest BCUT2D eigenvalue weighted by Crippen LogP contribution is 2.19. The number of hydrogen-bond donors (Lipinski definition) is 2. The van der Waals surface area contributed by atoms with E-state index in [1.807, 2.05) is 18.2 Å². The number of nitrogens with two attached hydrogens (primary N) is 2. The first-order chi connectivity index (χ1) is 8.19. The molecule has 0 radical (unpaired) electrons. The van der Waals surface area contributed by atoms with Crippen LogP contribution >= 0.6 is 0 Å². The highest BCUT2D eigenvalue weighted by atomic mass is 14.6. The van der Waals surface area contributed by atoms with Gasteiger partial charge in [-0.05, 0) is 47.7 Å². The zero-order valence-corrected chi connectivity index (χ0v) is 10.1. The van der Waals surface area contributed by atoms with Crippen LogP contribution in [0.25, 0.3) is 0 Å². The van der Waals surface area contributed by atoms with E-state index in [4.69, 9.17) is 11.5 Å². The van der Waals surface area contributed by atoms with E-state index in [1.165, 1.54) is 11.1 Å². The number of nitrogen functional groups attached to an aromatic ring is 2. The van der Waals surface area contributed by atoms with Crippen molar-refractivity contribution in [3.8, 4) is 0 Å². The van der Waals surface area contributed by atoms with E-state index < -0.39 is 0 Å². The molecule has 2 heteroatoms. The van der Waals surface area contributed by atoms with E-state index in [1.54, 1.807) is 0 Å². The molecular weight excluding hydrogens is 208 g/mol. The van der Waals surface area contributed by atoms with Gasteiger partial charge in [0.25, 0.3) is 0 Å². The van der Waals surface area contributed by atoms with Crippen LogP contribution in [0.3, 0.4) is 0 Å². The molecule has 2 nitrogen and oxygen atoms in total. The van der Waals surface area contributed by atoms with Crippen molar-refractivity contribution < 1.29 is 0 Å². The Hall–Kier alpha value is -1.96. The van der Waals surface area contributed by atoms with E-state index in [2.05, 4.69) is 31.2 Å². The molecule has 0 amide bonds. The van der Waals surface area contributed by atoms with Crippen LogP contribution in [-0.2, 0) is 12.8 Å². The van der Waals surface area contributed by atoms with Crippen LogP contribution < -0.4 is 11.5 Å². The predicted molar refractivity (Wildman–Crippen MR) is 73.9 cm³/mol. The summed E-state index contributed by atoms with van der Waals surface area (Å²) in [6.45, 7) is 2.16. The van der Waals surface area contributed by atoms with Crippen molar-refractivity contribution in [3.63, 3.8) is 0 Å². The average molecular weight is 226 g/mol. The van der Waals surface area contributed by atoms with E-state index in [-0.39, 0.29) is 0 Å². The SMILES string of the molecule is CCc1ccc(Cc2cc(N)ccc2N)cc1. The predicted octanol–water partition coefficient (Wildman–Crippen LogP) is 3.00. The van der Waals surface area contributed by atoms with E-state index in [9.17, 15) is 0 Å². The lowest BCUT2D eigenvalue weighted by Gasteiger charge is -2.07. The second kappa shape index (κ2) is 4.91. The third-order valence-electron chi connectivity index (χ3n) is 2.99. The summed E-state index contributed by atoms with van der Waals surface area (Å²) in [5.41, 5.74) is 17.0. The average Bonchev–Trinajstić information content (AvgIpc) is 2.35. The molecule has 0 aliphatic heterocycles. The van der Waals surface area contributed by atoms with Crippen molar-refractivity contribution in [2.45, 2.75) is 19.8 Å². The van der Waals surface area contributed by atoms with Gasteiger partial charge in [-0.15, -0.1) is 0 Å². The monoisotopic (exact) mass is 226 g/mol. The molecule has 0 heterocycles. The zero-order chi connectivity index (χ0) is 12.3. The van der Waals surface area contributed by atoms with Gasteiger partial charge in [0.05, 0.1) is 0 Å². The van der Waals surface area contributed by atoms with Crippen molar-refractivity contribution in [2.75, 3.05) is 11.5 Å². The van der Waals surface area contributed by atoms with Crippen LogP contribution in [0.4, 0.5) is 11.4 Å². The maximum absolute atomic E-state index is 5.94. The Morgan fingerprint density at radius 1 is 0.882 bits per heavy atom. The van der Waals surface area contributed by atoms with Crippen molar-refractivity contribution in [3.05, 3.63) is 59.2 Å². The second-order valence-electron chi connectivity index (χ2n) is 4.31. The normalized spacial score (nSPS) is 10.4. The van der Waals surface area contributed by atoms with Crippen LogP contribution in [0.1, 0.15) is 23.6 Å². The Labute approximate surface area is 102 Å². The topological polar surface area (TPSA) is 52.0 Å². The Balaban J connectivity index is 2.22. The van der Waals surface area contributed by atoms with Crippen molar-refractivity contribution in [1.29, 1.82) is 0 Å². The van der Waals surface area contributed by atoms with Gasteiger partial charge in [0.15, 0.2) is 0 Å². The Bertz CT molecular complexity index is 501. The van der Waals surface area contributed by atoms with Gasteiger partial charge in [-0.3, -0.25) is 0 Å². The smallest absolute Gasteiger partial charge is 0.0351 e. The molecule has 2 rings (SSSR count). The van der Waals surface area contributed by atoms with Gasteiger partial charge in [0.2, 0.25) is 0 Å². The summed E-state index contributed by atoms with van der Waals surface area (Å²) in [5.74, 6) is 0. The molecule has 0 aromatic heterocycles. The lowest BCUT2D eigenvalue weighted by atomic mass is 10.0. The van der Waals surface area contributed by atoms with Crippen molar-refractivity contribution in [2.24, 2.45) is 0 Å². The van der Waals surface area contributed by atoms with E-state index in [0.717, 1.165) is 29.8 Å². The number of aryl methyl sites for hydroxylation is 1. The molecule has 0 bridgehead atoms. The summed E-state index contributed by atoms with van der Waals surface area (Å²) >= 11 is 0. The van der Waals surface area contributed by atoms with Gasteiger partial charge in [-0.1, -0.05) is 31.2 Å². The van der Waals surface area contributed by atoms with Crippen LogP contribution in [0.2, 0.25) is 0 Å². The van der Waals surface area contributed by atoms with Crippen molar-refractivity contribution in [1.82, 2.24) is 0 Å². The Morgan fingerprint density at radius 3 is 2.18 bits per heavy atom. The lowest BCUT2D eigenvalue weighted by molar-refractivity contribution is 1.12. The van der Waals surface area contributed by atoms with Crippen LogP contribution in [0, 0.1) is 0 Å². The largest absolute Gasteiger partial charge is 0.399 e. The van der Waals surface area contributed by atoms with Gasteiger partial charge < -0.3 is 11.5 Å². The van der Waals surface area contributed by atoms with E-state index in [0.29, 0.717) is 0 Å². The summed E-state index contributed by atoms with van der Waals surface area (Å²) in [6.07, 6.45) is 1.90. The third-order valence-corrected chi connectivity index (χ3v) is 2.99. The molecule has 0 spiro atoms. The summed E-state index contributed by atoms with van der Waals surface area (Å²) in [5, 5.41) is 0. The molecule has 17 heavy (non-hydrogen) atoms. The fourth-order valence-electron chi connectivity index (χ4n) is 1.89. The maximum Gasteiger partial charge on any atom is 0.0351 e. The number of rotatable bonds is 3. The van der Waals surface area contributed by atoms with Gasteiger partial charge in [-0.25, -0.2) is 0 Å². The minimum atomic E-state index is 0.763. The first-order valence-corrected chi connectivity index (χ1v) is 5.90. The fraction of sp³-hybridized carbons (Fsp3) is 0.200. The molecule has 0 saturated carbocycles. The second-order valence-corrected chi connectivity index (χ2v) is 4.31. The minimum Gasteiger partial charge on any atom is -0.399 e. The standard InChI is InChI=1S/C15H18N2/c1-2-11-3-5-12(6-4-11)9-13-10-14(16)7-8-15(13)17/h3-8,10H,2,9,16-17H2,1H3. The molecular formula is C15H18N2. The van der Waals surface area contributed by atoms with Crippen LogP contribution in [0.15, 0.2) is 42.5 Å². The first kappa shape index (κ1) is 11.5. The maximum atomic E-state index is 5.94. The first-order valence-electron chi connectivity index (χ1n) is 5.90. The Kier molecular flexibility index (Phi) is 3.33. The summed E-state index contributed by atoms with van der Waals surface area (Å²) in [7, 11) is 0. The molecule has 0 aliphatic carbocycles. The quantitative estimate of drug-likeness (QED) is 0.790. The van der Waals surface area contributed by atoms with Gasteiger partial charge in [-0.2, -0.15) is 0 Å². The molecule has 0 unspecified atom stereocenters. The summed E-state index contributed by atoms with van der Waals surface area (Å²) in [4.78, 5) is 0. The third kappa shape index (κ3) is 2.78. The molecule has 4 N–H and O–H groups in total. The van der Waals surface area contributed by atoms with Crippen molar-refractivity contribution >= 4 is 11.4 Å². The number of hydrogen-bond acceptors (Lipinski definition) is 2. The molecule has 2 aromatic rings. The number of benzene rings is 2. The minimum absolute atomic E-state index is 0.763. The van der Waals surface area contributed by atoms with Gasteiger partial charge in [0, 0.05) is 11.4 Å². The van der Waals surface area contributed by atoms with E-state index >= 15 is 0 Å². The van der Waals surface area contributed by atoms with Crippen LogP contribution in [0.5, 0.6) is 0 Å². The highest BCUT2D eigenvalue weighted by Gasteiger charge is 2.01. The molecule has 0 saturated heterocycles. The lowest BCUT2D eigenvalue weighted by Crippen LogP contribution is -1.97. The molecule has 88 valence electrons.